The minimum atomic E-state index is -1.06. The van der Waals surface area contributed by atoms with Crippen molar-refractivity contribution < 1.29 is 37.7 Å². The lowest BCUT2D eigenvalue weighted by Crippen LogP contribution is -2.41. The molecule has 0 aromatic heterocycles. The van der Waals surface area contributed by atoms with Crippen LogP contribution in [-0.4, -0.2) is 48.6 Å². The van der Waals surface area contributed by atoms with Crippen molar-refractivity contribution in [3.8, 4) is 28.7 Å². The highest BCUT2D eigenvalue weighted by Crippen LogP contribution is 2.40. The number of hydrogen-bond acceptors (Lipinski definition) is 6. The fraction of sp³-hybridized carbons (Fsp3) is 0.212. The number of benzene rings is 4. The van der Waals surface area contributed by atoms with E-state index < -0.39 is 35.2 Å². The number of carbonyl (C=O) groups is 2. The smallest absolute Gasteiger partial charge is 0.257 e. The number of rotatable bonds is 2. The minimum Gasteiger partial charge on any atom is -0.507 e. The van der Waals surface area contributed by atoms with Crippen molar-refractivity contribution in [2.75, 3.05) is 26.8 Å². The third-order valence-electron chi connectivity index (χ3n) is 7.58. The summed E-state index contributed by atoms with van der Waals surface area (Å²) in [4.78, 5) is 28.2. The molecule has 1 atom stereocenters. The van der Waals surface area contributed by atoms with Gasteiger partial charge in [0.2, 0.25) is 0 Å². The second-order valence-corrected chi connectivity index (χ2v) is 10.3. The van der Waals surface area contributed by atoms with Crippen molar-refractivity contribution in [3.05, 3.63) is 112 Å². The molecule has 8 nitrogen and oxygen atoms in total. The van der Waals surface area contributed by atoms with Crippen molar-refractivity contribution in [2.24, 2.45) is 0 Å². The van der Waals surface area contributed by atoms with E-state index in [0.717, 1.165) is 35.9 Å². The van der Waals surface area contributed by atoms with Crippen molar-refractivity contribution in [1.29, 1.82) is 0 Å². The summed E-state index contributed by atoms with van der Waals surface area (Å²) in [6.45, 7) is 0.852. The summed E-state index contributed by atoms with van der Waals surface area (Å²) in [5.41, 5.74) is 2.26. The lowest BCUT2D eigenvalue weighted by atomic mass is 9.87. The number of nitrogens with one attached hydrogen (secondary N) is 1. The monoisotopic (exact) mass is 586 g/mol. The zero-order valence-electron chi connectivity index (χ0n) is 23.2. The van der Waals surface area contributed by atoms with E-state index in [1.54, 1.807) is 23.1 Å². The van der Waals surface area contributed by atoms with Crippen LogP contribution in [0.1, 0.15) is 49.9 Å². The van der Waals surface area contributed by atoms with Gasteiger partial charge in [0, 0.05) is 13.1 Å². The number of aromatic hydroxyl groups is 1. The molecule has 220 valence electrons. The van der Waals surface area contributed by atoms with E-state index in [1.165, 1.54) is 12.1 Å². The van der Waals surface area contributed by atoms with Gasteiger partial charge in [-0.25, -0.2) is 8.78 Å². The van der Waals surface area contributed by atoms with Gasteiger partial charge in [-0.1, -0.05) is 18.2 Å². The fourth-order valence-corrected chi connectivity index (χ4v) is 5.51. The molecule has 3 heterocycles. The molecule has 3 aliphatic rings. The van der Waals surface area contributed by atoms with Crippen molar-refractivity contribution in [1.82, 2.24) is 10.2 Å². The lowest BCUT2D eigenvalue weighted by molar-refractivity contribution is 0.0688. The second kappa shape index (κ2) is 11.6. The Morgan fingerprint density at radius 3 is 2.67 bits per heavy atom. The van der Waals surface area contributed by atoms with Crippen LogP contribution >= 0.6 is 0 Å². The summed E-state index contributed by atoms with van der Waals surface area (Å²) in [6, 6.07) is 18.8. The lowest BCUT2D eigenvalue weighted by Gasteiger charge is -2.38. The summed E-state index contributed by atoms with van der Waals surface area (Å²) in [5, 5.41) is 13.1. The molecule has 1 unspecified atom stereocenters. The van der Waals surface area contributed by atoms with Crippen LogP contribution in [0.15, 0.2) is 72.8 Å². The van der Waals surface area contributed by atoms with Crippen LogP contribution in [0, 0.1) is 11.6 Å². The van der Waals surface area contributed by atoms with Crippen molar-refractivity contribution in [2.45, 2.75) is 18.9 Å². The van der Waals surface area contributed by atoms with Gasteiger partial charge >= 0.3 is 0 Å². The van der Waals surface area contributed by atoms with E-state index in [0.29, 0.717) is 43.2 Å². The van der Waals surface area contributed by atoms with Crippen LogP contribution in [0.3, 0.4) is 0 Å². The molecule has 8 bridgehead atoms. The summed E-state index contributed by atoms with van der Waals surface area (Å²) < 4.78 is 46.3. The van der Waals surface area contributed by atoms with Gasteiger partial charge in [0.05, 0.1) is 30.9 Å². The highest BCUT2D eigenvalue weighted by atomic mass is 19.1. The molecule has 2 amide bonds. The number of hydrogen-bond donors (Lipinski definition) is 2. The number of nitrogens with zero attached hydrogens (tertiary/aromatic N) is 1. The molecule has 0 fully saturated rings. The van der Waals surface area contributed by atoms with Gasteiger partial charge in [0.15, 0.2) is 17.4 Å². The number of halogens is 2. The number of amides is 2. The first-order valence-electron chi connectivity index (χ1n) is 13.8. The van der Waals surface area contributed by atoms with Crippen molar-refractivity contribution >= 4 is 11.8 Å². The third kappa shape index (κ3) is 5.43. The van der Waals surface area contributed by atoms with Gasteiger partial charge in [-0.05, 0) is 84.1 Å². The average Bonchev–Trinajstić information content (AvgIpc) is 3.01. The van der Waals surface area contributed by atoms with E-state index in [-0.39, 0.29) is 23.4 Å². The first-order chi connectivity index (χ1) is 20.8. The second-order valence-electron chi connectivity index (χ2n) is 10.3. The molecule has 7 rings (SSSR count). The van der Waals surface area contributed by atoms with Gasteiger partial charge in [-0.3, -0.25) is 9.59 Å². The molecule has 0 aliphatic carbocycles. The molecule has 0 saturated heterocycles. The molecule has 0 spiro atoms. The Morgan fingerprint density at radius 2 is 1.84 bits per heavy atom. The summed E-state index contributed by atoms with van der Waals surface area (Å²) in [6.07, 6.45) is 0.936. The van der Waals surface area contributed by atoms with Crippen molar-refractivity contribution in [3.63, 3.8) is 0 Å². The van der Waals surface area contributed by atoms with Crippen LogP contribution < -0.4 is 19.5 Å². The van der Waals surface area contributed by atoms with Crippen LogP contribution in [0.25, 0.3) is 0 Å². The Morgan fingerprint density at radius 1 is 1.02 bits per heavy atom. The Hall–Kier alpha value is -5.12. The standard InChI is InChI=1S/C33H28F2N2O6/c1-41-31-27(34)10-9-25(29(31)35)33(40)37-14-12-19-16-22-6-8-24(19)30(37)20-4-2-5-21(17-20)42-15-3-13-36-32(39)26-18-23(43-22)7-11-28(26)38/h2,4-11,16-18,30,38H,3,12-15H2,1H3,(H,36,39). The van der Waals surface area contributed by atoms with Gasteiger partial charge in [0.1, 0.15) is 23.0 Å². The molecule has 4 aromatic carbocycles. The van der Waals surface area contributed by atoms with E-state index in [2.05, 4.69) is 5.32 Å². The summed E-state index contributed by atoms with van der Waals surface area (Å²) in [7, 11) is 1.15. The van der Waals surface area contributed by atoms with Crippen LogP contribution in [-0.2, 0) is 6.42 Å². The zero-order chi connectivity index (χ0) is 30.1. The van der Waals surface area contributed by atoms with Crippen LogP contribution in [0.2, 0.25) is 0 Å². The van der Waals surface area contributed by atoms with E-state index in [1.807, 2.05) is 30.3 Å². The number of methoxy groups -OCH3 is 1. The Kier molecular flexibility index (Phi) is 7.58. The first-order valence-corrected chi connectivity index (χ1v) is 13.8. The molecular weight excluding hydrogens is 558 g/mol. The number of phenolic OH excluding ortho intramolecular Hbond substituents is 1. The fourth-order valence-electron chi connectivity index (χ4n) is 5.51. The van der Waals surface area contributed by atoms with Gasteiger partial charge in [-0.2, -0.15) is 0 Å². The third-order valence-corrected chi connectivity index (χ3v) is 7.58. The molecule has 4 aromatic rings. The highest BCUT2D eigenvalue weighted by Gasteiger charge is 2.35. The molecule has 10 heteroatoms. The zero-order valence-corrected chi connectivity index (χ0v) is 23.2. The van der Waals surface area contributed by atoms with E-state index in [4.69, 9.17) is 14.2 Å². The number of carbonyl (C=O) groups excluding carboxylic acids is 2. The molecule has 0 saturated carbocycles. The maximum Gasteiger partial charge on any atom is 0.257 e. The quantitative estimate of drug-likeness (QED) is 0.310. The first kappa shape index (κ1) is 28.0. The normalized spacial score (nSPS) is 16.3. The summed E-state index contributed by atoms with van der Waals surface area (Å²) >= 11 is 0. The predicted molar refractivity (Wildman–Crippen MR) is 153 cm³/mol. The number of fused-ring (bicyclic) bond motifs is 6. The largest absolute Gasteiger partial charge is 0.507 e. The maximum atomic E-state index is 15.3. The predicted octanol–water partition coefficient (Wildman–Crippen LogP) is 5.77. The van der Waals surface area contributed by atoms with Gasteiger partial charge in [0.25, 0.3) is 11.8 Å². The van der Waals surface area contributed by atoms with Gasteiger partial charge < -0.3 is 29.5 Å². The SMILES string of the molecule is COc1c(F)ccc(C(=O)N2CCc3cc4ccc3C2c2cccc(c2)OCCCNC(=O)c2cc(ccc2O)O4)c1F. The minimum absolute atomic E-state index is 0.0871. The Balaban J connectivity index is 1.44. The van der Waals surface area contributed by atoms with E-state index >= 15 is 4.39 Å². The van der Waals surface area contributed by atoms with E-state index in [9.17, 15) is 19.1 Å². The van der Waals surface area contributed by atoms with Gasteiger partial charge in [-0.15, -0.1) is 0 Å². The molecule has 2 N–H and O–H groups in total. The summed E-state index contributed by atoms with van der Waals surface area (Å²) in [5.74, 6) is -2.34. The Bertz CT molecular complexity index is 1730. The molecule has 3 aliphatic heterocycles. The average molecular weight is 587 g/mol. The van der Waals surface area contributed by atoms with Crippen LogP contribution in [0.4, 0.5) is 8.78 Å². The number of ether oxygens (including phenoxy) is 3. The number of phenols is 1. The Labute approximate surface area is 246 Å². The topological polar surface area (TPSA) is 97.3 Å². The molecule has 43 heavy (non-hydrogen) atoms. The molecule has 0 radical (unpaired) electrons. The maximum absolute atomic E-state index is 15.3. The highest BCUT2D eigenvalue weighted by molar-refractivity contribution is 5.97. The van der Waals surface area contributed by atoms with Crippen LogP contribution in [0.5, 0.6) is 28.7 Å². The molecular formula is C33H28F2N2O6.